The number of amides is 1. The van der Waals surface area contributed by atoms with Crippen molar-refractivity contribution in [3.8, 4) is 0 Å². The number of rotatable bonds is 2. The second kappa shape index (κ2) is 7.71. The maximum absolute atomic E-state index is 12.4. The van der Waals surface area contributed by atoms with Crippen LogP contribution in [0.3, 0.4) is 0 Å². The second-order valence-corrected chi connectivity index (χ2v) is 5.86. The molecule has 0 aliphatic carbocycles. The average Bonchev–Trinajstić information content (AvgIpc) is 2.43. The van der Waals surface area contributed by atoms with Gasteiger partial charge in [0.2, 0.25) is 0 Å². The number of hydrogen-bond acceptors (Lipinski definition) is 2. The van der Waals surface area contributed by atoms with Crippen molar-refractivity contribution in [2.24, 2.45) is 0 Å². The van der Waals surface area contributed by atoms with E-state index in [9.17, 15) is 4.79 Å². The Balaban J connectivity index is 0.00000200. The third kappa shape index (κ3) is 3.92. The Kier molecular flexibility index (Phi) is 6.89. The Hall–Kier alpha value is -0.190. The Morgan fingerprint density at radius 3 is 2.40 bits per heavy atom. The van der Waals surface area contributed by atoms with Gasteiger partial charge in [0, 0.05) is 25.2 Å². The van der Waals surface area contributed by atoms with E-state index in [4.69, 9.17) is 34.8 Å². The van der Waals surface area contributed by atoms with Gasteiger partial charge in [-0.1, -0.05) is 34.8 Å². The molecular formula is C13H16Cl4N2O. The van der Waals surface area contributed by atoms with E-state index in [1.54, 1.807) is 24.1 Å². The number of hydrogen-bond donors (Lipinski definition) is 1. The second-order valence-electron chi connectivity index (χ2n) is 4.67. The standard InChI is InChI=1S/C13H15Cl3N2O.ClH/c1-18(9-3-2-4-17-7-9)13(19)8-5-10(14)12(16)11(15)6-8;/h5-6,9,17H,2-4,7H2,1H3;1H. The summed E-state index contributed by atoms with van der Waals surface area (Å²) in [4.78, 5) is 14.1. The third-order valence-electron chi connectivity index (χ3n) is 3.37. The van der Waals surface area contributed by atoms with Crippen LogP contribution in [0.15, 0.2) is 12.1 Å². The van der Waals surface area contributed by atoms with Gasteiger partial charge in [-0.15, -0.1) is 12.4 Å². The summed E-state index contributed by atoms with van der Waals surface area (Å²) in [6.45, 7) is 1.83. The Morgan fingerprint density at radius 2 is 1.90 bits per heavy atom. The van der Waals surface area contributed by atoms with Gasteiger partial charge in [-0.25, -0.2) is 0 Å². The van der Waals surface area contributed by atoms with E-state index in [2.05, 4.69) is 5.32 Å². The molecule has 1 heterocycles. The molecule has 0 saturated carbocycles. The Morgan fingerprint density at radius 1 is 1.30 bits per heavy atom. The molecule has 1 aliphatic rings. The van der Waals surface area contributed by atoms with Crippen molar-refractivity contribution in [1.29, 1.82) is 0 Å². The lowest BCUT2D eigenvalue weighted by molar-refractivity contribution is 0.0708. The predicted molar refractivity (Wildman–Crippen MR) is 86.7 cm³/mol. The summed E-state index contributed by atoms with van der Waals surface area (Å²) in [5.41, 5.74) is 0.465. The molecule has 7 heteroatoms. The molecule has 1 unspecified atom stereocenters. The number of piperidine rings is 1. The largest absolute Gasteiger partial charge is 0.337 e. The molecule has 20 heavy (non-hydrogen) atoms. The highest BCUT2D eigenvalue weighted by Crippen LogP contribution is 2.31. The van der Waals surface area contributed by atoms with Crippen molar-refractivity contribution >= 4 is 53.1 Å². The van der Waals surface area contributed by atoms with E-state index in [-0.39, 0.29) is 29.4 Å². The fourth-order valence-electron chi connectivity index (χ4n) is 2.21. The lowest BCUT2D eigenvalue weighted by Gasteiger charge is -2.31. The Bertz CT molecular complexity index is 466. The van der Waals surface area contributed by atoms with E-state index >= 15 is 0 Å². The first kappa shape index (κ1) is 17.9. The molecule has 0 radical (unpaired) electrons. The zero-order valence-corrected chi connectivity index (χ0v) is 14.0. The minimum Gasteiger partial charge on any atom is -0.337 e. The molecule has 1 saturated heterocycles. The maximum Gasteiger partial charge on any atom is 0.253 e. The van der Waals surface area contributed by atoms with Crippen LogP contribution in [0.4, 0.5) is 0 Å². The van der Waals surface area contributed by atoms with Gasteiger partial charge in [-0.2, -0.15) is 0 Å². The fraction of sp³-hybridized carbons (Fsp3) is 0.462. The van der Waals surface area contributed by atoms with Crippen LogP contribution in [0.1, 0.15) is 23.2 Å². The van der Waals surface area contributed by atoms with Gasteiger partial charge in [0.25, 0.3) is 5.91 Å². The molecule has 1 atom stereocenters. The third-order valence-corrected chi connectivity index (χ3v) is 4.57. The van der Waals surface area contributed by atoms with Gasteiger partial charge in [0.15, 0.2) is 0 Å². The van der Waals surface area contributed by atoms with Gasteiger partial charge in [-0.05, 0) is 31.5 Å². The number of nitrogens with one attached hydrogen (secondary N) is 1. The van der Waals surface area contributed by atoms with Crippen molar-refractivity contribution in [2.45, 2.75) is 18.9 Å². The van der Waals surface area contributed by atoms with Crippen LogP contribution >= 0.6 is 47.2 Å². The number of nitrogens with zero attached hydrogens (tertiary/aromatic N) is 1. The van der Waals surface area contributed by atoms with Crippen LogP contribution in [0.2, 0.25) is 15.1 Å². The minimum absolute atomic E-state index is 0. The number of benzene rings is 1. The molecule has 112 valence electrons. The van der Waals surface area contributed by atoms with E-state index in [0.717, 1.165) is 25.9 Å². The smallest absolute Gasteiger partial charge is 0.253 e. The number of likely N-dealkylation sites (N-methyl/N-ethyl adjacent to an activating group) is 1. The SMILES string of the molecule is CN(C(=O)c1cc(Cl)c(Cl)c(Cl)c1)C1CCCNC1.Cl. The highest BCUT2D eigenvalue weighted by molar-refractivity contribution is 6.48. The highest BCUT2D eigenvalue weighted by Gasteiger charge is 2.23. The highest BCUT2D eigenvalue weighted by atomic mass is 35.5. The fourth-order valence-corrected chi connectivity index (χ4v) is 2.81. The maximum atomic E-state index is 12.4. The topological polar surface area (TPSA) is 32.3 Å². The molecule has 1 amide bonds. The molecule has 1 aromatic carbocycles. The van der Waals surface area contributed by atoms with Crippen molar-refractivity contribution in [2.75, 3.05) is 20.1 Å². The summed E-state index contributed by atoms with van der Waals surface area (Å²) in [5, 5.41) is 4.16. The van der Waals surface area contributed by atoms with Crippen molar-refractivity contribution < 1.29 is 4.79 Å². The van der Waals surface area contributed by atoms with E-state index in [0.29, 0.717) is 15.6 Å². The Labute approximate surface area is 140 Å². The zero-order valence-electron chi connectivity index (χ0n) is 11.0. The van der Waals surface area contributed by atoms with Crippen LogP contribution < -0.4 is 5.32 Å². The van der Waals surface area contributed by atoms with E-state index < -0.39 is 0 Å². The summed E-state index contributed by atoms with van der Waals surface area (Å²) < 4.78 is 0. The van der Waals surface area contributed by atoms with Crippen molar-refractivity contribution in [1.82, 2.24) is 10.2 Å². The molecule has 0 aromatic heterocycles. The minimum atomic E-state index is -0.0887. The van der Waals surface area contributed by atoms with Gasteiger partial charge in [0.05, 0.1) is 15.1 Å². The molecule has 0 spiro atoms. The summed E-state index contributed by atoms with van der Waals surface area (Å²) in [5.74, 6) is -0.0887. The summed E-state index contributed by atoms with van der Waals surface area (Å²) in [7, 11) is 1.80. The van der Waals surface area contributed by atoms with E-state index in [1.807, 2.05) is 0 Å². The summed E-state index contributed by atoms with van der Waals surface area (Å²) in [6, 6.07) is 3.32. The van der Waals surface area contributed by atoms with Gasteiger partial charge in [-0.3, -0.25) is 4.79 Å². The summed E-state index contributed by atoms with van der Waals surface area (Å²) in [6.07, 6.45) is 2.08. The molecule has 1 N–H and O–H groups in total. The molecule has 0 bridgehead atoms. The van der Waals surface area contributed by atoms with Crippen LogP contribution in [0.25, 0.3) is 0 Å². The van der Waals surface area contributed by atoms with Crippen LogP contribution in [0.5, 0.6) is 0 Å². The first-order chi connectivity index (χ1) is 9.00. The molecule has 1 aliphatic heterocycles. The van der Waals surface area contributed by atoms with Gasteiger partial charge < -0.3 is 10.2 Å². The van der Waals surface area contributed by atoms with Crippen LogP contribution in [-0.4, -0.2) is 37.0 Å². The number of carbonyl (C=O) groups is 1. The first-order valence-corrected chi connectivity index (χ1v) is 7.26. The molecule has 1 aromatic rings. The lowest BCUT2D eigenvalue weighted by Crippen LogP contribution is -2.46. The summed E-state index contributed by atoms with van der Waals surface area (Å²) >= 11 is 17.8. The number of halogens is 4. The average molecular weight is 358 g/mol. The van der Waals surface area contributed by atoms with Crippen LogP contribution in [0, 0.1) is 0 Å². The van der Waals surface area contributed by atoms with Crippen molar-refractivity contribution in [3.63, 3.8) is 0 Å². The molecule has 2 rings (SSSR count). The van der Waals surface area contributed by atoms with E-state index in [1.165, 1.54) is 0 Å². The van der Waals surface area contributed by atoms with Crippen molar-refractivity contribution in [3.05, 3.63) is 32.8 Å². The van der Waals surface area contributed by atoms with Crippen LogP contribution in [-0.2, 0) is 0 Å². The monoisotopic (exact) mass is 356 g/mol. The molecule has 1 fully saturated rings. The molecular weight excluding hydrogens is 342 g/mol. The first-order valence-electron chi connectivity index (χ1n) is 6.13. The zero-order chi connectivity index (χ0) is 14.0. The lowest BCUT2D eigenvalue weighted by atomic mass is 10.1. The predicted octanol–water partition coefficient (Wildman–Crippen LogP) is 3.89. The normalized spacial score (nSPS) is 18.3. The molecule has 3 nitrogen and oxygen atoms in total. The number of carbonyl (C=O) groups excluding carboxylic acids is 1. The van der Waals surface area contributed by atoms with Gasteiger partial charge in [0.1, 0.15) is 0 Å². The quantitative estimate of drug-likeness (QED) is 0.814. The van der Waals surface area contributed by atoms with Gasteiger partial charge >= 0.3 is 0 Å².